The molecule has 0 aliphatic heterocycles. The van der Waals surface area contributed by atoms with E-state index in [1.54, 1.807) is 0 Å². The van der Waals surface area contributed by atoms with Crippen molar-refractivity contribution in [2.24, 2.45) is 0 Å². The van der Waals surface area contributed by atoms with Crippen molar-refractivity contribution in [1.29, 1.82) is 5.26 Å². The molecule has 2 aromatic heterocycles. The van der Waals surface area contributed by atoms with Crippen LogP contribution in [0.25, 0.3) is 11.1 Å². The van der Waals surface area contributed by atoms with Crippen LogP contribution in [0.3, 0.4) is 0 Å². The molecule has 3 rings (SSSR count). The van der Waals surface area contributed by atoms with Crippen molar-refractivity contribution in [1.82, 2.24) is 14.8 Å². The number of hydrogen-bond donors (Lipinski definition) is 1. The van der Waals surface area contributed by atoms with Crippen LogP contribution in [-0.2, 0) is 17.8 Å². The lowest BCUT2D eigenvalue weighted by molar-refractivity contribution is -0.116. The van der Waals surface area contributed by atoms with Crippen molar-refractivity contribution in [3.8, 4) is 6.07 Å². The normalized spacial score (nSPS) is 11.1. The number of oxazole rings is 1. The third-order valence-corrected chi connectivity index (χ3v) is 4.75. The van der Waals surface area contributed by atoms with Crippen LogP contribution in [-0.4, -0.2) is 20.7 Å². The zero-order valence-electron chi connectivity index (χ0n) is 16.7. The topological polar surface area (TPSA) is 96.7 Å². The largest absolute Gasteiger partial charge is 0.440 e. The van der Waals surface area contributed by atoms with Gasteiger partial charge in [-0.3, -0.25) is 9.48 Å². The lowest BCUT2D eigenvalue weighted by Crippen LogP contribution is -2.12. The molecule has 0 spiro atoms. The van der Waals surface area contributed by atoms with Gasteiger partial charge in [0.05, 0.1) is 24.7 Å². The molecule has 0 bridgehead atoms. The summed E-state index contributed by atoms with van der Waals surface area (Å²) in [5.74, 6) is 0.847. The molecule has 7 nitrogen and oxygen atoms in total. The average Bonchev–Trinajstić information content (AvgIpc) is 3.19. The first kappa shape index (κ1) is 19.6. The second-order valence-corrected chi connectivity index (χ2v) is 7.22. The average molecular weight is 379 g/mol. The standard InChI is InChI=1S/C21H25N5O2/c1-13(2)21-24-18-12-16(6-8-19(18)28-21)23-20(27)9-7-17-14(3)25-26(15(17)4)11-5-10-22/h6,8,12-13H,5,7,9,11H2,1-4H3,(H,23,27). The number of nitrogens with zero attached hydrogens (tertiary/aromatic N) is 4. The molecule has 0 fully saturated rings. The van der Waals surface area contributed by atoms with E-state index in [0.29, 0.717) is 37.4 Å². The Kier molecular flexibility index (Phi) is 5.78. The van der Waals surface area contributed by atoms with E-state index in [0.717, 1.165) is 28.1 Å². The molecule has 0 saturated carbocycles. The Bertz CT molecular complexity index is 1040. The maximum Gasteiger partial charge on any atom is 0.224 e. The number of hydrogen-bond acceptors (Lipinski definition) is 5. The molecule has 1 amide bonds. The maximum absolute atomic E-state index is 12.4. The smallest absolute Gasteiger partial charge is 0.224 e. The van der Waals surface area contributed by atoms with Crippen molar-refractivity contribution < 1.29 is 9.21 Å². The minimum atomic E-state index is -0.0597. The minimum Gasteiger partial charge on any atom is -0.440 e. The highest BCUT2D eigenvalue weighted by Gasteiger charge is 2.14. The van der Waals surface area contributed by atoms with Crippen LogP contribution in [0.1, 0.15) is 55.4 Å². The van der Waals surface area contributed by atoms with Crippen LogP contribution < -0.4 is 5.32 Å². The van der Waals surface area contributed by atoms with Gasteiger partial charge >= 0.3 is 0 Å². The molecule has 1 aromatic carbocycles. The van der Waals surface area contributed by atoms with Crippen molar-refractivity contribution in [3.63, 3.8) is 0 Å². The van der Waals surface area contributed by atoms with E-state index in [9.17, 15) is 4.79 Å². The number of nitriles is 1. The fraction of sp³-hybridized carbons (Fsp3) is 0.429. The Morgan fingerprint density at radius 1 is 1.36 bits per heavy atom. The van der Waals surface area contributed by atoms with Crippen LogP contribution in [0.2, 0.25) is 0 Å². The molecule has 3 aromatic rings. The Labute approximate surface area is 164 Å². The second kappa shape index (κ2) is 8.26. The number of anilines is 1. The summed E-state index contributed by atoms with van der Waals surface area (Å²) in [6, 6.07) is 7.62. The number of carbonyl (C=O) groups is 1. The fourth-order valence-corrected chi connectivity index (χ4v) is 3.20. The SMILES string of the molecule is Cc1nn(CCC#N)c(C)c1CCC(=O)Nc1ccc2oc(C(C)C)nc2c1. The number of aromatic nitrogens is 3. The van der Waals surface area contributed by atoms with Gasteiger partial charge in [-0.2, -0.15) is 10.4 Å². The minimum absolute atomic E-state index is 0.0597. The lowest BCUT2D eigenvalue weighted by Gasteiger charge is -2.06. The first-order valence-electron chi connectivity index (χ1n) is 9.49. The van der Waals surface area contributed by atoms with Crippen molar-refractivity contribution in [2.75, 3.05) is 5.32 Å². The van der Waals surface area contributed by atoms with E-state index < -0.39 is 0 Å². The second-order valence-electron chi connectivity index (χ2n) is 7.22. The summed E-state index contributed by atoms with van der Waals surface area (Å²) in [5.41, 5.74) is 5.17. The van der Waals surface area contributed by atoms with E-state index in [1.807, 2.05) is 50.6 Å². The Morgan fingerprint density at radius 2 is 2.14 bits per heavy atom. The molecule has 0 radical (unpaired) electrons. The summed E-state index contributed by atoms with van der Waals surface area (Å²) in [5, 5.41) is 16.2. The van der Waals surface area contributed by atoms with Gasteiger partial charge in [-0.25, -0.2) is 4.98 Å². The predicted octanol–water partition coefficient (Wildman–Crippen LogP) is 4.25. The Balaban J connectivity index is 1.64. The molecule has 1 N–H and O–H groups in total. The van der Waals surface area contributed by atoms with Crippen LogP contribution in [0.15, 0.2) is 22.6 Å². The van der Waals surface area contributed by atoms with Gasteiger partial charge in [0.25, 0.3) is 0 Å². The number of rotatable bonds is 7. The van der Waals surface area contributed by atoms with Gasteiger partial charge in [-0.05, 0) is 44.0 Å². The number of nitrogens with one attached hydrogen (secondary N) is 1. The Hall–Kier alpha value is -3.14. The van der Waals surface area contributed by atoms with Crippen LogP contribution in [0.5, 0.6) is 0 Å². The number of aryl methyl sites for hydroxylation is 2. The summed E-state index contributed by atoms with van der Waals surface area (Å²) in [6.45, 7) is 8.55. The molecule has 146 valence electrons. The molecule has 0 unspecified atom stereocenters. The molecular weight excluding hydrogens is 354 g/mol. The van der Waals surface area contributed by atoms with Gasteiger partial charge < -0.3 is 9.73 Å². The van der Waals surface area contributed by atoms with Crippen molar-refractivity contribution in [2.45, 2.75) is 59.4 Å². The van der Waals surface area contributed by atoms with Gasteiger partial charge in [-0.15, -0.1) is 0 Å². The van der Waals surface area contributed by atoms with E-state index in [-0.39, 0.29) is 11.8 Å². The van der Waals surface area contributed by atoms with Gasteiger partial charge in [0, 0.05) is 23.7 Å². The molecule has 0 atom stereocenters. The van der Waals surface area contributed by atoms with Gasteiger partial charge in [0.1, 0.15) is 5.52 Å². The van der Waals surface area contributed by atoms with E-state index in [2.05, 4.69) is 21.5 Å². The third kappa shape index (κ3) is 4.22. The zero-order chi connectivity index (χ0) is 20.3. The number of benzene rings is 1. The van der Waals surface area contributed by atoms with Crippen LogP contribution >= 0.6 is 0 Å². The van der Waals surface area contributed by atoms with Crippen LogP contribution in [0, 0.1) is 25.2 Å². The van der Waals surface area contributed by atoms with Crippen molar-refractivity contribution in [3.05, 3.63) is 41.0 Å². The first-order chi connectivity index (χ1) is 13.4. The summed E-state index contributed by atoms with van der Waals surface area (Å²) >= 11 is 0. The quantitative estimate of drug-likeness (QED) is 0.662. The predicted molar refractivity (Wildman–Crippen MR) is 107 cm³/mol. The molecule has 0 saturated heterocycles. The van der Waals surface area contributed by atoms with Gasteiger partial charge in [0.2, 0.25) is 5.91 Å². The van der Waals surface area contributed by atoms with E-state index >= 15 is 0 Å². The molecule has 0 aliphatic rings. The summed E-state index contributed by atoms with van der Waals surface area (Å²) in [7, 11) is 0. The lowest BCUT2D eigenvalue weighted by atomic mass is 10.1. The fourth-order valence-electron chi connectivity index (χ4n) is 3.20. The highest BCUT2D eigenvalue weighted by molar-refractivity contribution is 5.92. The van der Waals surface area contributed by atoms with Crippen LogP contribution in [0.4, 0.5) is 5.69 Å². The molecule has 28 heavy (non-hydrogen) atoms. The molecule has 7 heteroatoms. The van der Waals surface area contributed by atoms with Gasteiger partial charge in [-0.1, -0.05) is 13.8 Å². The first-order valence-corrected chi connectivity index (χ1v) is 9.49. The Morgan fingerprint density at radius 3 is 2.86 bits per heavy atom. The molecule has 0 aliphatic carbocycles. The number of amides is 1. The number of fused-ring (bicyclic) bond motifs is 1. The maximum atomic E-state index is 12.4. The molecule has 2 heterocycles. The van der Waals surface area contributed by atoms with E-state index in [4.69, 9.17) is 9.68 Å². The summed E-state index contributed by atoms with van der Waals surface area (Å²) < 4.78 is 7.54. The summed E-state index contributed by atoms with van der Waals surface area (Å²) in [6.07, 6.45) is 1.39. The van der Waals surface area contributed by atoms with Gasteiger partial charge in [0.15, 0.2) is 11.5 Å². The highest BCUT2D eigenvalue weighted by atomic mass is 16.3. The van der Waals surface area contributed by atoms with Crippen molar-refractivity contribution >= 4 is 22.7 Å². The molecular formula is C21H25N5O2. The van der Waals surface area contributed by atoms with E-state index in [1.165, 1.54) is 0 Å². The highest BCUT2D eigenvalue weighted by Crippen LogP contribution is 2.24. The zero-order valence-corrected chi connectivity index (χ0v) is 16.7. The monoisotopic (exact) mass is 379 g/mol. The third-order valence-electron chi connectivity index (χ3n) is 4.75. The number of carbonyl (C=O) groups excluding carboxylic acids is 1. The summed E-state index contributed by atoms with van der Waals surface area (Å²) in [4.78, 5) is 16.9.